The van der Waals surface area contributed by atoms with Gasteiger partial charge in [-0.1, -0.05) is 0 Å². The van der Waals surface area contributed by atoms with E-state index in [2.05, 4.69) is 9.72 Å². The molecule has 0 atom stereocenters. The van der Waals surface area contributed by atoms with Crippen LogP contribution in [0.3, 0.4) is 0 Å². The van der Waals surface area contributed by atoms with Crippen molar-refractivity contribution in [1.82, 2.24) is 4.98 Å². The van der Waals surface area contributed by atoms with Gasteiger partial charge < -0.3 is 10.5 Å². The van der Waals surface area contributed by atoms with Gasteiger partial charge in [0.1, 0.15) is 0 Å². The summed E-state index contributed by atoms with van der Waals surface area (Å²) in [6, 6.07) is 1.32. The minimum Gasteiger partial charge on any atom is -0.469 e. The Kier molecular flexibility index (Phi) is 4.51. The predicted octanol–water partition coefficient (Wildman–Crippen LogP) is 1.50. The third-order valence-electron chi connectivity index (χ3n) is 2.40. The normalized spacial score (nSPS) is 10.7. The quantitative estimate of drug-likeness (QED) is 0.815. The highest BCUT2D eigenvalue weighted by molar-refractivity contribution is 5.72. The zero-order chi connectivity index (χ0) is 13.0. The molecule has 1 aromatic heterocycles. The number of alkyl halides is 2. The summed E-state index contributed by atoms with van der Waals surface area (Å²) in [4.78, 5) is 15.1. The van der Waals surface area contributed by atoms with Crippen molar-refractivity contribution in [1.29, 1.82) is 0 Å². The molecule has 0 radical (unpaired) electrons. The van der Waals surface area contributed by atoms with Gasteiger partial charge in [0.25, 0.3) is 6.43 Å². The summed E-state index contributed by atoms with van der Waals surface area (Å²) in [7, 11) is 1.26. The second-order valence-electron chi connectivity index (χ2n) is 3.55. The predicted molar refractivity (Wildman–Crippen MR) is 57.5 cm³/mol. The zero-order valence-electron chi connectivity index (χ0n) is 9.67. The highest BCUT2D eigenvalue weighted by Gasteiger charge is 2.17. The molecule has 1 rings (SSSR count). The Hall–Kier alpha value is -1.56. The summed E-state index contributed by atoms with van der Waals surface area (Å²) in [5, 5.41) is 0. The average Bonchev–Trinajstić information content (AvgIpc) is 2.30. The van der Waals surface area contributed by atoms with Gasteiger partial charge in [-0.15, -0.1) is 0 Å². The number of methoxy groups -OCH3 is 1. The molecule has 1 aromatic rings. The number of halogens is 2. The Morgan fingerprint density at radius 1 is 1.53 bits per heavy atom. The molecule has 0 amide bonds. The zero-order valence-corrected chi connectivity index (χ0v) is 9.67. The highest BCUT2D eigenvalue weighted by Crippen LogP contribution is 2.24. The second kappa shape index (κ2) is 5.67. The van der Waals surface area contributed by atoms with Crippen molar-refractivity contribution >= 4 is 5.97 Å². The Morgan fingerprint density at radius 3 is 2.65 bits per heavy atom. The molecule has 17 heavy (non-hydrogen) atoms. The molecular formula is C11H14F2N2O2. The molecule has 2 N–H and O–H groups in total. The number of nitrogens with two attached hydrogens (primary N) is 1. The van der Waals surface area contributed by atoms with E-state index in [1.54, 1.807) is 6.92 Å². The minimum atomic E-state index is -2.62. The summed E-state index contributed by atoms with van der Waals surface area (Å²) in [6.45, 7) is 1.53. The molecule has 0 spiro atoms. The lowest BCUT2D eigenvalue weighted by Gasteiger charge is -2.11. The molecule has 0 aliphatic rings. The minimum absolute atomic E-state index is 0.0428. The molecular weight excluding hydrogens is 230 g/mol. The van der Waals surface area contributed by atoms with Gasteiger partial charge in [0.05, 0.1) is 24.9 Å². The van der Waals surface area contributed by atoms with Gasteiger partial charge in [-0.2, -0.15) is 0 Å². The monoisotopic (exact) mass is 244 g/mol. The Morgan fingerprint density at radius 2 is 2.18 bits per heavy atom. The number of nitrogens with zero attached hydrogens (tertiary/aromatic N) is 1. The smallest absolute Gasteiger partial charge is 0.311 e. The fourth-order valence-electron chi connectivity index (χ4n) is 1.46. The molecule has 6 heteroatoms. The molecule has 0 unspecified atom stereocenters. The van der Waals surface area contributed by atoms with Crippen LogP contribution in [-0.4, -0.2) is 18.1 Å². The van der Waals surface area contributed by atoms with E-state index < -0.39 is 12.4 Å². The van der Waals surface area contributed by atoms with E-state index in [1.165, 1.54) is 13.2 Å². The lowest BCUT2D eigenvalue weighted by molar-refractivity contribution is -0.139. The molecule has 1 heterocycles. The fraction of sp³-hybridized carbons (Fsp3) is 0.455. The Balaban J connectivity index is 3.13. The first-order chi connectivity index (χ1) is 7.99. The largest absolute Gasteiger partial charge is 0.469 e. The van der Waals surface area contributed by atoms with Crippen LogP contribution >= 0.6 is 0 Å². The van der Waals surface area contributed by atoms with Crippen molar-refractivity contribution in [2.24, 2.45) is 5.73 Å². The van der Waals surface area contributed by atoms with Gasteiger partial charge in [0, 0.05) is 12.1 Å². The van der Waals surface area contributed by atoms with E-state index in [0.717, 1.165) is 0 Å². The first-order valence-corrected chi connectivity index (χ1v) is 5.04. The van der Waals surface area contributed by atoms with Crippen molar-refractivity contribution in [3.05, 3.63) is 28.6 Å². The summed E-state index contributed by atoms with van der Waals surface area (Å²) in [5.41, 5.74) is 6.24. The molecule has 4 nitrogen and oxygen atoms in total. The van der Waals surface area contributed by atoms with Crippen LogP contribution in [0.2, 0.25) is 0 Å². The van der Waals surface area contributed by atoms with Gasteiger partial charge in [-0.05, 0) is 18.6 Å². The number of hydrogen-bond donors (Lipinski definition) is 1. The number of aryl methyl sites for hydroxylation is 1. The van der Waals surface area contributed by atoms with Crippen molar-refractivity contribution in [2.75, 3.05) is 7.11 Å². The number of pyridine rings is 1. The van der Waals surface area contributed by atoms with Gasteiger partial charge in [-0.3, -0.25) is 9.78 Å². The topological polar surface area (TPSA) is 65.2 Å². The number of hydrogen-bond acceptors (Lipinski definition) is 4. The van der Waals surface area contributed by atoms with E-state index in [9.17, 15) is 13.6 Å². The maximum absolute atomic E-state index is 12.7. The van der Waals surface area contributed by atoms with Crippen LogP contribution in [0.1, 0.15) is 28.9 Å². The van der Waals surface area contributed by atoms with E-state index in [4.69, 9.17) is 5.73 Å². The van der Waals surface area contributed by atoms with Gasteiger partial charge in [0.2, 0.25) is 0 Å². The maximum Gasteiger partial charge on any atom is 0.311 e. The van der Waals surface area contributed by atoms with Crippen LogP contribution in [0.5, 0.6) is 0 Å². The number of esters is 1. The third kappa shape index (κ3) is 3.20. The number of rotatable bonds is 4. The SMILES string of the molecule is COC(=O)Cc1nc(CN)c(C(F)F)cc1C. The number of carbonyl (C=O) groups excluding carboxylic acids is 1. The van der Waals surface area contributed by atoms with E-state index >= 15 is 0 Å². The summed E-state index contributed by atoms with van der Waals surface area (Å²) < 4.78 is 29.8. The average molecular weight is 244 g/mol. The molecule has 0 aromatic carbocycles. The van der Waals surface area contributed by atoms with Crippen LogP contribution in [0.25, 0.3) is 0 Å². The number of ether oxygens (including phenoxy) is 1. The number of carbonyl (C=O) groups is 1. The summed E-state index contributed by atoms with van der Waals surface area (Å²) >= 11 is 0. The Bertz CT molecular complexity index is 422. The molecule has 0 fully saturated rings. The third-order valence-corrected chi connectivity index (χ3v) is 2.40. The van der Waals surface area contributed by atoms with Crippen LogP contribution in [0.4, 0.5) is 8.78 Å². The molecule has 0 aliphatic heterocycles. The van der Waals surface area contributed by atoms with E-state index in [-0.39, 0.29) is 24.2 Å². The first-order valence-electron chi connectivity index (χ1n) is 5.04. The van der Waals surface area contributed by atoms with E-state index in [1.807, 2.05) is 0 Å². The van der Waals surface area contributed by atoms with Crippen LogP contribution in [0, 0.1) is 6.92 Å². The highest BCUT2D eigenvalue weighted by atomic mass is 19.3. The first kappa shape index (κ1) is 13.5. The van der Waals surface area contributed by atoms with Crippen molar-refractivity contribution < 1.29 is 18.3 Å². The maximum atomic E-state index is 12.7. The van der Waals surface area contributed by atoms with Gasteiger partial charge in [0.15, 0.2) is 0 Å². The molecule has 0 bridgehead atoms. The lowest BCUT2D eigenvalue weighted by Crippen LogP contribution is -2.13. The molecule has 0 saturated heterocycles. The van der Waals surface area contributed by atoms with Crippen LogP contribution in [0.15, 0.2) is 6.07 Å². The summed E-state index contributed by atoms with van der Waals surface area (Å²) in [6.07, 6.45) is -2.66. The van der Waals surface area contributed by atoms with Gasteiger partial charge >= 0.3 is 5.97 Å². The van der Waals surface area contributed by atoms with Gasteiger partial charge in [-0.25, -0.2) is 8.78 Å². The second-order valence-corrected chi connectivity index (χ2v) is 3.55. The van der Waals surface area contributed by atoms with Crippen molar-refractivity contribution in [3.63, 3.8) is 0 Å². The molecule has 0 saturated carbocycles. The van der Waals surface area contributed by atoms with Crippen LogP contribution in [-0.2, 0) is 22.5 Å². The number of aromatic nitrogens is 1. The lowest BCUT2D eigenvalue weighted by atomic mass is 10.1. The van der Waals surface area contributed by atoms with Crippen molar-refractivity contribution in [3.8, 4) is 0 Å². The molecule has 0 aliphatic carbocycles. The molecule has 94 valence electrons. The van der Waals surface area contributed by atoms with Crippen LogP contribution < -0.4 is 5.73 Å². The standard InChI is InChI=1S/C11H14F2N2O2/c1-6-3-7(11(12)13)9(5-14)15-8(6)4-10(16)17-2/h3,11H,4-5,14H2,1-2H3. The fourth-order valence-corrected chi connectivity index (χ4v) is 1.46. The van der Waals surface area contributed by atoms with Crippen molar-refractivity contribution in [2.45, 2.75) is 26.3 Å². The summed E-state index contributed by atoms with van der Waals surface area (Å²) in [5.74, 6) is -0.464. The van der Waals surface area contributed by atoms with E-state index in [0.29, 0.717) is 11.3 Å². The Labute approximate surface area is 97.8 Å².